The molecule has 0 unspecified atom stereocenters. The largest absolute Gasteiger partial charge is 0.326 e. The third-order valence-corrected chi connectivity index (χ3v) is 4.60. The van der Waals surface area contributed by atoms with Crippen molar-refractivity contribution in [1.82, 2.24) is 0 Å². The molecule has 0 fully saturated rings. The van der Waals surface area contributed by atoms with E-state index in [-0.39, 0.29) is 0 Å². The normalized spacial score (nSPS) is 13.5. The van der Waals surface area contributed by atoms with E-state index in [1.807, 2.05) is 0 Å². The van der Waals surface area contributed by atoms with Crippen LogP contribution in [0.1, 0.15) is 34.1 Å². The fourth-order valence-corrected chi connectivity index (χ4v) is 1.85. The van der Waals surface area contributed by atoms with Gasteiger partial charge < -0.3 is 8.97 Å². The number of likely N-dealkylation sites (N-methyl/N-ethyl adjacent to an activating group) is 1. The standard InChI is InChI=1S/C15H34N2/c1-7-16(5,8-2)14-12-11-13-15-17(6,9-3)10-4/h11-12H,7-10,13-15H2,1-6H3/q+2. The molecule has 102 valence electrons. The van der Waals surface area contributed by atoms with E-state index >= 15 is 0 Å². The second-order valence-corrected chi connectivity index (χ2v) is 5.67. The summed E-state index contributed by atoms with van der Waals surface area (Å²) in [4.78, 5) is 0. The molecular formula is C15H34N2+2. The van der Waals surface area contributed by atoms with Crippen molar-refractivity contribution in [2.45, 2.75) is 34.1 Å². The first-order valence-electron chi connectivity index (χ1n) is 7.27. The van der Waals surface area contributed by atoms with E-state index in [2.05, 4.69) is 53.9 Å². The predicted molar refractivity (Wildman–Crippen MR) is 78.0 cm³/mol. The van der Waals surface area contributed by atoms with Gasteiger partial charge in [0.1, 0.15) is 0 Å². The van der Waals surface area contributed by atoms with Crippen LogP contribution >= 0.6 is 0 Å². The molecule has 0 bridgehead atoms. The minimum absolute atomic E-state index is 1.16. The zero-order chi connectivity index (χ0) is 13.4. The van der Waals surface area contributed by atoms with E-state index in [4.69, 9.17) is 0 Å². The Labute approximate surface area is 109 Å². The highest BCUT2D eigenvalue weighted by Gasteiger charge is 2.15. The lowest BCUT2D eigenvalue weighted by molar-refractivity contribution is -0.905. The summed E-state index contributed by atoms with van der Waals surface area (Å²) < 4.78 is 2.35. The Morgan fingerprint density at radius 3 is 1.59 bits per heavy atom. The maximum Gasteiger partial charge on any atom is 0.0971 e. The highest BCUT2D eigenvalue weighted by Crippen LogP contribution is 2.05. The maximum absolute atomic E-state index is 2.38. The molecular weight excluding hydrogens is 208 g/mol. The van der Waals surface area contributed by atoms with Gasteiger partial charge in [0.25, 0.3) is 0 Å². The summed E-state index contributed by atoms with van der Waals surface area (Å²) in [6.07, 6.45) is 5.97. The van der Waals surface area contributed by atoms with Crippen molar-refractivity contribution in [2.24, 2.45) is 0 Å². The molecule has 0 spiro atoms. The number of rotatable bonds is 9. The van der Waals surface area contributed by atoms with Crippen molar-refractivity contribution >= 4 is 0 Å². The van der Waals surface area contributed by atoms with Crippen LogP contribution in [0, 0.1) is 0 Å². The molecule has 0 amide bonds. The molecule has 2 nitrogen and oxygen atoms in total. The molecule has 0 aliphatic carbocycles. The van der Waals surface area contributed by atoms with Crippen molar-refractivity contribution in [3.63, 3.8) is 0 Å². The van der Waals surface area contributed by atoms with Gasteiger partial charge in [0, 0.05) is 6.42 Å². The lowest BCUT2D eigenvalue weighted by atomic mass is 10.3. The number of nitrogens with zero attached hydrogens (tertiary/aromatic N) is 2. The van der Waals surface area contributed by atoms with Crippen LogP contribution < -0.4 is 0 Å². The Balaban J connectivity index is 3.97. The molecule has 0 atom stereocenters. The Morgan fingerprint density at radius 1 is 0.706 bits per heavy atom. The fourth-order valence-electron chi connectivity index (χ4n) is 1.85. The van der Waals surface area contributed by atoms with Crippen LogP contribution in [0.15, 0.2) is 12.2 Å². The quantitative estimate of drug-likeness (QED) is 0.431. The van der Waals surface area contributed by atoms with Crippen molar-refractivity contribution in [1.29, 1.82) is 0 Å². The molecule has 0 aromatic heterocycles. The summed E-state index contributed by atoms with van der Waals surface area (Å²) in [6.45, 7) is 16.5. The van der Waals surface area contributed by atoms with Gasteiger partial charge in [-0.1, -0.05) is 6.08 Å². The van der Waals surface area contributed by atoms with Gasteiger partial charge >= 0.3 is 0 Å². The summed E-state index contributed by atoms with van der Waals surface area (Å²) in [6, 6.07) is 0. The average molecular weight is 242 g/mol. The minimum Gasteiger partial charge on any atom is -0.326 e. The first-order valence-corrected chi connectivity index (χ1v) is 7.27. The third kappa shape index (κ3) is 6.23. The molecule has 17 heavy (non-hydrogen) atoms. The predicted octanol–water partition coefficient (Wildman–Crippen LogP) is 2.91. The monoisotopic (exact) mass is 242 g/mol. The van der Waals surface area contributed by atoms with Crippen molar-refractivity contribution in [2.75, 3.05) is 53.4 Å². The highest BCUT2D eigenvalue weighted by molar-refractivity contribution is 4.81. The maximum atomic E-state index is 2.38. The van der Waals surface area contributed by atoms with Gasteiger partial charge in [0.05, 0.1) is 53.4 Å². The van der Waals surface area contributed by atoms with Crippen LogP contribution in [0.5, 0.6) is 0 Å². The second kappa shape index (κ2) is 7.88. The molecule has 0 saturated heterocycles. The summed E-state index contributed by atoms with van der Waals surface area (Å²) in [7, 11) is 4.69. The SMILES string of the molecule is CC[N+](C)(CC)CC=CCC[N+](C)(CC)CC. The van der Waals surface area contributed by atoms with Crippen LogP contribution in [0.4, 0.5) is 0 Å². The van der Waals surface area contributed by atoms with Crippen LogP contribution in [0.3, 0.4) is 0 Å². The van der Waals surface area contributed by atoms with E-state index in [0.29, 0.717) is 0 Å². The van der Waals surface area contributed by atoms with Crippen LogP contribution in [0.25, 0.3) is 0 Å². The van der Waals surface area contributed by atoms with E-state index < -0.39 is 0 Å². The van der Waals surface area contributed by atoms with Crippen molar-refractivity contribution in [3.8, 4) is 0 Å². The van der Waals surface area contributed by atoms with Gasteiger partial charge in [-0.15, -0.1) is 0 Å². The van der Waals surface area contributed by atoms with Crippen molar-refractivity contribution < 1.29 is 8.97 Å². The Morgan fingerprint density at radius 2 is 1.18 bits per heavy atom. The minimum atomic E-state index is 1.16. The summed E-state index contributed by atoms with van der Waals surface area (Å²) >= 11 is 0. The summed E-state index contributed by atoms with van der Waals surface area (Å²) in [5.41, 5.74) is 0. The molecule has 0 aliphatic heterocycles. The number of hydrogen-bond donors (Lipinski definition) is 0. The highest BCUT2D eigenvalue weighted by atomic mass is 15.3. The number of hydrogen-bond acceptors (Lipinski definition) is 0. The zero-order valence-corrected chi connectivity index (χ0v) is 13.0. The molecule has 0 radical (unpaired) electrons. The smallest absolute Gasteiger partial charge is 0.0971 e. The van der Waals surface area contributed by atoms with E-state index in [9.17, 15) is 0 Å². The van der Waals surface area contributed by atoms with Gasteiger partial charge in [0.15, 0.2) is 0 Å². The lowest BCUT2D eigenvalue weighted by Crippen LogP contribution is -2.44. The van der Waals surface area contributed by atoms with Gasteiger partial charge in [-0.3, -0.25) is 0 Å². The third-order valence-electron chi connectivity index (χ3n) is 4.60. The molecule has 0 saturated carbocycles. The first-order chi connectivity index (χ1) is 7.95. The molecule has 0 aromatic rings. The molecule has 0 heterocycles. The fraction of sp³-hybridized carbons (Fsp3) is 0.867. The van der Waals surface area contributed by atoms with Gasteiger partial charge in [-0.25, -0.2) is 0 Å². The van der Waals surface area contributed by atoms with E-state index in [1.54, 1.807) is 0 Å². The topological polar surface area (TPSA) is 0 Å². The summed E-state index contributed by atoms with van der Waals surface area (Å²) in [5.74, 6) is 0. The Hall–Kier alpha value is -0.340. The Bertz CT molecular complexity index is 213. The molecule has 0 aromatic carbocycles. The first kappa shape index (κ1) is 16.7. The van der Waals surface area contributed by atoms with Crippen LogP contribution in [-0.4, -0.2) is 62.3 Å². The van der Waals surface area contributed by atoms with Gasteiger partial charge in [-0.2, -0.15) is 0 Å². The summed E-state index contributed by atoms with van der Waals surface area (Å²) in [5, 5.41) is 0. The van der Waals surface area contributed by atoms with E-state index in [1.165, 1.54) is 50.2 Å². The second-order valence-electron chi connectivity index (χ2n) is 5.67. The van der Waals surface area contributed by atoms with Gasteiger partial charge in [-0.05, 0) is 33.8 Å². The van der Waals surface area contributed by atoms with Crippen molar-refractivity contribution in [3.05, 3.63) is 12.2 Å². The van der Waals surface area contributed by atoms with Gasteiger partial charge in [0.2, 0.25) is 0 Å². The molecule has 0 N–H and O–H groups in total. The zero-order valence-electron chi connectivity index (χ0n) is 13.0. The number of quaternary nitrogens is 2. The van der Waals surface area contributed by atoms with Crippen LogP contribution in [-0.2, 0) is 0 Å². The molecule has 2 heteroatoms. The van der Waals surface area contributed by atoms with E-state index in [0.717, 1.165) is 4.48 Å². The average Bonchev–Trinajstić information content (AvgIpc) is 2.37. The Kier molecular flexibility index (Phi) is 7.73. The van der Waals surface area contributed by atoms with Crippen LogP contribution in [0.2, 0.25) is 0 Å². The lowest BCUT2D eigenvalue weighted by Gasteiger charge is -2.32. The molecule has 0 aliphatic rings. The molecule has 0 rings (SSSR count).